The third-order valence-corrected chi connectivity index (χ3v) is 7.12. The maximum Gasteiger partial charge on any atom is 0.338 e. The smallest absolute Gasteiger partial charge is 0.338 e. The first-order valence-electron chi connectivity index (χ1n) is 13.0. The van der Waals surface area contributed by atoms with Crippen molar-refractivity contribution in [3.8, 4) is 11.4 Å². The monoisotopic (exact) mass is 604 g/mol. The van der Waals surface area contributed by atoms with E-state index >= 15 is 0 Å². The summed E-state index contributed by atoms with van der Waals surface area (Å²) in [5, 5.41) is 25.7. The van der Waals surface area contributed by atoms with Crippen LogP contribution < -0.4 is 15.4 Å². The number of benzene rings is 3. The SMILES string of the molecule is CCOC(=O)c1ccc(NC(=O)CSc2nnc(CNC(=O)c3cccc([N+](=O)[O-])c3C)n2-c2ccccc2OC)cc1. The number of carbonyl (C=O) groups is 3. The molecule has 1 heterocycles. The average Bonchev–Trinajstić information content (AvgIpc) is 3.41. The second-order valence-electron chi connectivity index (χ2n) is 8.93. The lowest BCUT2D eigenvalue weighted by atomic mass is 10.1. The zero-order valence-corrected chi connectivity index (χ0v) is 24.3. The molecule has 0 unspecified atom stereocenters. The number of anilines is 1. The maximum atomic E-state index is 13.0. The highest BCUT2D eigenvalue weighted by atomic mass is 32.2. The Morgan fingerprint density at radius 3 is 2.47 bits per heavy atom. The molecule has 2 N–H and O–H groups in total. The molecule has 13 nitrogen and oxygen atoms in total. The van der Waals surface area contributed by atoms with E-state index < -0.39 is 16.8 Å². The topological polar surface area (TPSA) is 168 Å². The number of ether oxygens (including phenoxy) is 2. The van der Waals surface area contributed by atoms with Crippen molar-refractivity contribution in [2.24, 2.45) is 0 Å². The van der Waals surface area contributed by atoms with Crippen LogP contribution >= 0.6 is 11.8 Å². The van der Waals surface area contributed by atoms with Crippen LogP contribution in [0.25, 0.3) is 5.69 Å². The van der Waals surface area contributed by atoms with Gasteiger partial charge in [0.2, 0.25) is 5.91 Å². The number of esters is 1. The molecule has 0 aliphatic carbocycles. The number of nitrogens with zero attached hydrogens (tertiary/aromatic N) is 4. The second kappa shape index (κ2) is 14.1. The van der Waals surface area contributed by atoms with E-state index in [1.807, 2.05) is 0 Å². The standard InChI is InChI=1S/C29H28N6O7S/c1-4-42-28(38)19-12-14-20(15-13-19)31-26(36)17-43-29-33-32-25(34(29)23-9-5-6-11-24(23)41-3)16-30-27(37)21-8-7-10-22(18(21)2)35(39)40/h5-15H,4,16-17H2,1-3H3,(H,30,37)(H,31,36). The Morgan fingerprint density at radius 2 is 1.77 bits per heavy atom. The Morgan fingerprint density at radius 1 is 1.02 bits per heavy atom. The van der Waals surface area contributed by atoms with Crippen LogP contribution in [0.5, 0.6) is 5.75 Å². The van der Waals surface area contributed by atoms with Crippen molar-refractivity contribution in [2.45, 2.75) is 25.5 Å². The molecule has 0 aliphatic heterocycles. The molecule has 14 heteroatoms. The average molecular weight is 605 g/mol. The Hall–Kier alpha value is -5.24. The Labute approximate surface area is 250 Å². The van der Waals surface area contributed by atoms with Gasteiger partial charge in [0.15, 0.2) is 11.0 Å². The first-order chi connectivity index (χ1) is 20.7. The number of nitro groups is 1. The minimum atomic E-state index is -0.539. The predicted octanol–water partition coefficient (Wildman–Crippen LogP) is 4.33. The summed E-state index contributed by atoms with van der Waals surface area (Å²) in [6.07, 6.45) is 0. The zero-order chi connectivity index (χ0) is 30.9. The molecule has 1 aromatic heterocycles. The summed E-state index contributed by atoms with van der Waals surface area (Å²) in [6, 6.07) is 17.8. The van der Waals surface area contributed by atoms with Gasteiger partial charge in [0, 0.05) is 22.9 Å². The number of nitro benzene ring substituents is 1. The minimum Gasteiger partial charge on any atom is -0.495 e. The van der Waals surface area contributed by atoms with Crippen LogP contribution in [-0.2, 0) is 16.1 Å². The van der Waals surface area contributed by atoms with Crippen LogP contribution in [0.2, 0.25) is 0 Å². The van der Waals surface area contributed by atoms with E-state index in [2.05, 4.69) is 20.8 Å². The van der Waals surface area contributed by atoms with Crippen molar-refractivity contribution in [1.82, 2.24) is 20.1 Å². The lowest BCUT2D eigenvalue weighted by Gasteiger charge is -2.14. The van der Waals surface area contributed by atoms with Gasteiger partial charge in [0.1, 0.15) is 5.75 Å². The van der Waals surface area contributed by atoms with Crippen LogP contribution in [0.1, 0.15) is 39.0 Å². The highest BCUT2D eigenvalue weighted by Crippen LogP contribution is 2.29. The Balaban J connectivity index is 1.51. The van der Waals surface area contributed by atoms with E-state index in [1.54, 1.807) is 60.0 Å². The van der Waals surface area contributed by atoms with Gasteiger partial charge >= 0.3 is 5.97 Å². The van der Waals surface area contributed by atoms with Crippen LogP contribution in [0.15, 0.2) is 71.9 Å². The molecule has 3 aromatic carbocycles. The van der Waals surface area contributed by atoms with E-state index in [0.717, 1.165) is 11.8 Å². The van der Waals surface area contributed by atoms with Crippen molar-refractivity contribution in [3.63, 3.8) is 0 Å². The number of carbonyl (C=O) groups excluding carboxylic acids is 3. The van der Waals surface area contributed by atoms with Crippen molar-refractivity contribution >= 4 is 40.9 Å². The fourth-order valence-electron chi connectivity index (χ4n) is 4.12. The fraction of sp³-hybridized carbons (Fsp3) is 0.207. The summed E-state index contributed by atoms with van der Waals surface area (Å²) >= 11 is 1.12. The van der Waals surface area contributed by atoms with E-state index in [9.17, 15) is 24.5 Å². The van der Waals surface area contributed by atoms with Crippen LogP contribution in [0, 0.1) is 17.0 Å². The number of hydrogen-bond donors (Lipinski definition) is 2. The molecule has 0 fully saturated rings. The lowest BCUT2D eigenvalue weighted by molar-refractivity contribution is -0.385. The number of amides is 2. The summed E-state index contributed by atoms with van der Waals surface area (Å²) in [7, 11) is 1.52. The highest BCUT2D eigenvalue weighted by molar-refractivity contribution is 7.99. The van der Waals surface area contributed by atoms with Gasteiger partial charge in [-0.1, -0.05) is 30.0 Å². The summed E-state index contributed by atoms with van der Waals surface area (Å²) in [5.74, 6) is -0.445. The summed E-state index contributed by atoms with van der Waals surface area (Å²) in [5.41, 5.74) is 1.72. The highest BCUT2D eigenvalue weighted by Gasteiger charge is 2.21. The molecule has 4 aromatic rings. The van der Waals surface area contributed by atoms with Gasteiger partial charge in [-0.15, -0.1) is 10.2 Å². The first kappa shape index (κ1) is 30.7. The number of para-hydroxylation sites is 2. The molecule has 222 valence electrons. The van der Waals surface area contributed by atoms with Crippen LogP contribution in [0.3, 0.4) is 0 Å². The second-order valence-corrected chi connectivity index (χ2v) is 9.87. The third-order valence-electron chi connectivity index (χ3n) is 6.19. The van der Waals surface area contributed by atoms with Gasteiger partial charge in [0.05, 0.1) is 42.2 Å². The van der Waals surface area contributed by atoms with Gasteiger partial charge < -0.3 is 20.1 Å². The molecular formula is C29H28N6O7S. The number of aromatic nitrogens is 3. The zero-order valence-electron chi connectivity index (χ0n) is 23.5. The van der Waals surface area contributed by atoms with E-state index in [0.29, 0.717) is 33.7 Å². The Bertz CT molecular complexity index is 1660. The van der Waals surface area contributed by atoms with E-state index in [4.69, 9.17) is 9.47 Å². The summed E-state index contributed by atoms with van der Waals surface area (Å²) < 4.78 is 12.2. The van der Waals surface area contributed by atoms with Gasteiger partial charge in [-0.25, -0.2) is 4.79 Å². The summed E-state index contributed by atoms with van der Waals surface area (Å²) in [6.45, 7) is 3.43. The molecule has 2 amide bonds. The van der Waals surface area contributed by atoms with Gasteiger partial charge in [0.25, 0.3) is 11.6 Å². The molecule has 0 spiro atoms. The Kier molecular flexibility index (Phi) is 10.1. The molecule has 0 saturated heterocycles. The molecule has 0 aliphatic rings. The number of rotatable bonds is 12. The number of hydrogen-bond acceptors (Lipinski definition) is 10. The molecule has 43 heavy (non-hydrogen) atoms. The van der Waals surface area contributed by atoms with Gasteiger partial charge in [-0.05, 0) is 56.3 Å². The summed E-state index contributed by atoms with van der Waals surface area (Å²) in [4.78, 5) is 48.3. The maximum absolute atomic E-state index is 13.0. The quantitative estimate of drug-likeness (QED) is 0.103. The lowest BCUT2D eigenvalue weighted by Crippen LogP contribution is -2.25. The van der Waals surface area contributed by atoms with E-state index in [-0.39, 0.29) is 41.6 Å². The third kappa shape index (κ3) is 7.35. The number of methoxy groups -OCH3 is 1. The van der Waals surface area contributed by atoms with Crippen molar-refractivity contribution in [3.05, 3.63) is 99.4 Å². The van der Waals surface area contributed by atoms with Crippen molar-refractivity contribution in [1.29, 1.82) is 0 Å². The largest absolute Gasteiger partial charge is 0.495 e. The van der Waals surface area contributed by atoms with Crippen molar-refractivity contribution in [2.75, 3.05) is 24.8 Å². The molecule has 0 bridgehead atoms. The van der Waals surface area contributed by atoms with Crippen LogP contribution in [0.4, 0.5) is 11.4 Å². The number of thioether (sulfide) groups is 1. The number of nitrogens with one attached hydrogen (secondary N) is 2. The minimum absolute atomic E-state index is 0.0217. The van der Waals surface area contributed by atoms with Crippen molar-refractivity contribution < 1.29 is 28.8 Å². The molecule has 4 rings (SSSR count). The molecule has 0 saturated carbocycles. The van der Waals surface area contributed by atoms with Gasteiger partial charge in [-0.3, -0.25) is 24.3 Å². The molecule has 0 radical (unpaired) electrons. The normalized spacial score (nSPS) is 10.6. The van der Waals surface area contributed by atoms with Gasteiger partial charge in [-0.2, -0.15) is 0 Å². The van der Waals surface area contributed by atoms with Crippen LogP contribution in [-0.4, -0.2) is 56.9 Å². The molecule has 0 atom stereocenters. The van der Waals surface area contributed by atoms with E-state index in [1.165, 1.54) is 32.2 Å². The predicted molar refractivity (Wildman–Crippen MR) is 159 cm³/mol. The molecular weight excluding hydrogens is 576 g/mol. The fourth-order valence-corrected chi connectivity index (χ4v) is 4.88. The first-order valence-corrected chi connectivity index (χ1v) is 14.0.